The third-order valence-corrected chi connectivity index (χ3v) is 4.66. The molecule has 0 aromatic carbocycles. The van der Waals surface area contributed by atoms with Crippen LogP contribution in [0, 0.1) is 0 Å². The second-order valence-electron chi connectivity index (χ2n) is 1.41. The number of hydrogen-bond acceptors (Lipinski definition) is 1. The van der Waals surface area contributed by atoms with E-state index in [4.69, 9.17) is 5.73 Å². The zero-order valence-electron chi connectivity index (χ0n) is 3.96. The maximum absolute atomic E-state index is 5.51. The summed E-state index contributed by atoms with van der Waals surface area (Å²) in [6, 6.07) is 0. The molecule has 0 fully saturated rings. The Balaban J connectivity index is 2.82. The Morgan fingerprint density at radius 3 is 2.57 bits per heavy atom. The predicted molar refractivity (Wildman–Crippen MR) is 33.2 cm³/mol. The molecule has 0 bridgehead atoms. The fourth-order valence-corrected chi connectivity index (χ4v) is 3.11. The van der Waals surface area contributed by atoms with Crippen LogP contribution in [-0.4, -0.2) is 26.9 Å². The van der Waals surface area contributed by atoms with Gasteiger partial charge in [-0.3, -0.25) is 0 Å². The molecule has 7 heavy (non-hydrogen) atoms. The molecular formula is C5H6NTl. The van der Waals surface area contributed by atoms with E-state index in [0.717, 1.165) is 3.18 Å². The van der Waals surface area contributed by atoms with Gasteiger partial charge in [-0.05, 0) is 0 Å². The van der Waals surface area contributed by atoms with Gasteiger partial charge in [0, 0.05) is 0 Å². The summed E-state index contributed by atoms with van der Waals surface area (Å²) in [7, 11) is 0. The molecule has 0 aliphatic carbocycles. The predicted octanol–water partition coefficient (Wildman–Crippen LogP) is -0.137. The van der Waals surface area contributed by atoms with E-state index in [1.54, 1.807) is 0 Å². The third kappa shape index (κ3) is 1.65. The summed E-state index contributed by atoms with van der Waals surface area (Å²) >= 11 is -0.667. The molecule has 2 N–H and O–H groups in total. The molecule has 0 saturated carbocycles. The van der Waals surface area contributed by atoms with E-state index in [1.807, 2.05) is 12.2 Å². The van der Waals surface area contributed by atoms with Crippen LogP contribution < -0.4 is 5.73 Å². The summed E-state index contributed by atoms with van der Waals surface area (Å²) in [6.45, 7) is 0. The van der Waals surface area contributed by atoms with E-state index in [-0.39, 0.29) is 0 Å². The second-order valence-corrected chi connectivity index (χ2v) is 6.79. The molecule has 34 valence electrons. The van der Waals surface area contributed by atoms with Gasteiger partial charge in [-0.15, -0.1) is 0 Å². The Hall–Kier alpha value is 0.232. The van der Waals surface area contributed by atoms with Gasteiger partial charge in [0.05, 0.1) is 0 Å². The van der Waals surface area contributed by atoms with Crippen molar-refractivity contribution in [1.29, 1.82) is 0 Å². The van der Waals surface area contributed by atoms with E-state index in [0.29, 0.717) is 0 Å². The molecule has 0 saturated heterocycles. The summed E-state index contributed by atoms with van der Waals surface area (Å²) in [5, 5.41) is 0. The molecule has 1 aliphatic rings. The van der Waals surface area contributed by atoms with Crippen molar-refractivity contribution in [3.63, 3.8) is 0 Å². The van der Waals surface area contributed by atoms with Crippen molar-refractivity contribution in [2.24, 2.45) is 5.73 Å². The summed E-state index contributed by atoms with van der Waals surface area (Å²) < 4.78 is 3.40. The summed E-state index contributed by atoms with van der Waals surface area (Å²) in [4.78, 5) is 0. The molecule has 0 aromatic heterocycles. The van der Waals surface area contributed by atoms with Crippen LogP contribution in [-0.2, 0) is 0 Å². The monoisotopic (exact) mass is 285 g/mol. The minimum atomic E-state index is -0.667. The molecule has 1 aliphatic heterocycles. The van der Waals surface area contributed by atoms with Crippen molar-refractivity contribution in [2.45, 2.75) is 0 Å². The number of allylic oxidation sites excluding steroid dienone is 2. The molecule has 0 amide bonds. The first kappa shape index (κ1) is 5.37. The molecule has 0 spiro atoms. The molecule has 0 aromatic rings. The van der Waals surface area contributed by atoms with Crippen molar-refractivity contribution in [1.82, 2.24) is 0 Å². The van der Waals surface area contributed by atoms with Crippen molar-refractivity contribution in [3.8, 4) is 0 Å². The molecule has 0 atom stereocenters. The van der Waals surface area contributed by atoms with E-state index in [9.17, 15) is 0 Å². The van der Waals surface area contributed by atoms with Crippen LogP contribution in [0.15, 0.2) is 21.9 Å². The fourth-order valence-electron chi connectivity index (χ4n) is 0.453. The average Bonchev–Trinajstić information content (AvgIpc) is 1.69. The van der Waals surface area contributed by atoms with Gasteiger partial charge < -0.3 is 0 Å². The van der Waals surface area contributed by atoms with Crippen LogP contribution in [0.4, 0.5) is 0 Å². The zero-order chi connectivity index (χ0) is 5.11. The first-order valence-electron chi connectivity index (χ1n) is 2.20. The molecule has 0 radical (unpaired) electrons. The topological polar surface area (TPSA) is 26.0 Å². The molecule has 1 heterocycles. The van der Waals surface area contributed by atoms with Crippen molar-refractivity contribution in [3.05, 3.63) is 21.9 Å². The number of hydrogen-bond donors (Lipinski definition) is 1. The number of nitrogens with two attached hydrogens (primary N) is 1. The van der Waals surface area contributed by atoms with Crippen molar-refractivity contribution in [2.75, 3.05) is 0 Å². The van der Waals surface area contributed by atoms with Gasteiger partial charge in [-0.25, -0.2) is 0 Å². The van der Waals surface area contributed by atoms with Crippen LogP contribution in [0.5, 0.6) is 0 Å². The fraction of sp³-hybridized carbons (Fsp3) is 0. The summed E-state index contributed by atoms with van der Waals surface area (Å²) in [5.41, 5.74) is 5.51. The summed E-state index contributed by atoms with van der Waals surface area (Å²) in [5.74, 6) is 0. The Kier molecular flexibility index (Phi) is 1.93. The molecule has 1 rings (SSSR count). The Morgan fingerprint density at radius 2 is 2.29 bits per heavy atom. The van der Waals surface area contributed by atoms with Crippen LogP contribution in [0.3, 0.4) is 0 Å². The van der Waals surface area contributed by atoms with Gasteiger partial charge in [-0.2, -0.15) is 0 Å². The van der Waals surface area contributed by atoms with E-state index in [2.05, 4.69) is 9.71 Å². The van der Waals surface area contributed by atoms with E-state index >= 15 is 0 Å². The molecular weight excluding hydrogens is 278 g/mol. The quantitative estimate of drug-likeness (QED) is 0.616. The van der Waals surface area contributed by atoms with E-state index < -0.39 is 23.7 Å². The average molecular weight is 284 g/mol. The Bertz CT molecular complexity index is 144. The van der Waals surface area contributed by atoms with Gasteiger partial charge in [-0.1, -0.05) is 0 Å². The van der Waals surface area contributed by atoms with Crippen LogP contribution in [0.25, 0.3) is 0 Å². The van der Waals surface area contributed by atoms with Gasteiger partial charge in [0.25, 0.3) is 0 Å². The minimum absolute atomic E-state index is 0.667. The normalized spacial score (nSPS) is 15.9. The Morgan fingerprint density at radius 1 is 1.43 bits per heavy atom. The van der Waals surface area contributed by atoms with Crippen LogP contribution >= 0.6 is 0 Å². The van der Waals surface area contributed by atoms with Crippen molar-refractivity contribution >= 4 is 26.9 Å². The molecule has 1 nitrogen and oxygen atoms in total. The van der Waals surface area contributed by atoms with E-state index in [1.165, 1.54) is 0 Å². The standard InChI is InChI=1S/C5H6N.Tl/c1-2-3-4-5-6;/h1-4H,6H2;. The van der Waals surface area contributed by atoms with Gasteiger partial charge in [0.2, 0.25) is 0 Å². The van der Waals surface area contributed by atoms with Crippen LogP contribution in [0.2, 0.25) is 0 Å². The maximum atomic E-state index is 5.51. The molecule has 2 heteroatoms. The Labute approximate surface area is 54.6 Å². The van der Waals surface area contributed by atoms with Crippen molar-refractivity contribution < 1.29 is 0 Å². The first-order valence-corrected chi connectivity index (χ1v) is 7.04. The summed E-state index contributed by atoms with van der Waals surface area (Å²) in [6.07, 6.45) is 6.09. The SMILES string of the molecule is N[C]1=[Tl][CH]=CC=C1. The third-order valence-electron chi connectivity index (χ3n) is 0.800. The van der Waals surface area contributed by atoms with Gasteiger partial charge in [0.1, 0.15) is 0 Å². The van der Waals surface area contributed by atoms with Crippen LogP contribution in [0.1, 0.15) is 0 Å². The number of rotatable bonds is 0. The second kappa shape index (κ2) is 2.52. The van der Waals surface area contributed by atoms with Gasteiger partial charge in [0.15, 0.2) is 0 Å². The molecule has 0 unspecified atom stereocenters. The van der Waals surface area contributed by atoms with Gasteiger partial charge >= 0.3 is 54.5 Å². The first-order chi connectivity index (χ1) is 3.39. The zero-order valence-corrected chi connectivity index (χ0v) is 8.45.